The Labute approximate surface area is 109 Å². The highest BCUT2D eigenvalue weighted by Crippen LogP contribution is 2.23. The van der Waals surface area contributed by atoms with E-state index in [1.807, 2.05) is 24.3 Å². The monoisotopic (exact) mass is 249 g/mol. The average molecular weight is 249 g/mol. The summed E-state index contributed by atoms with van der Waals surface area (Å²) in [7, 11) is 1.67. The minimum atomic E-state index is 0.152. The van der Waals surface area contributed by atoms with Gasteiger partial charge in [0.05, 0.1) is 7.11 Å². The summed E-state index contributed by atoms with van der Waals surface area (Å²) in [5.41, 5.74) is 6.20. The van der Waals surface area contributed by atoms with Crippen LogP contribution in [-0.2, 0) is 0 Å². The van der Waals surface area contributed by atoms with Crippen LogP contribution in [0.2, 0.25) is 0 Å². The number of benzene rings is 1. The zero-order chi connectivity index (χ0) is 12.8. The molecular formula is C15H23NO2. The number of nitrogens with two attached hydrogens (primary N) is 1. The first-order valence-electron chi connectivity index (χ1n) is 6.86. The average Bonchev–Trinajstić information content (AvgIpc) is 2.39. The smallest absolute Gasteiger partial charge is 0.120 e. The first-order valence-corrected chi connectivity index (χ1v) is 6.86. The van der Waals surface area contributed by atoms with E-state index in [2.05, 4.69) is 0 Å². The van der Waals surface area contributed by atoms with Crippen molar-refractivity contribution in [2.24, 2.45) is 5.73 Å². The van der Waals surface area contributed by atoms with E-state index in [1.54, 1.807) is 7.11 Å². The molecule has 0 amide bonds. The fourth-order valence-electron chi connectivity index (χ4n) is 2.45. The SMILES string of the molecule is COc1ccc(O[C@@H]2CCCCCC[C@@H]2N)cc1. The molecule has 3 heteroatoms. The van der Waals surface area contributed by atoms with Crippen molar-refractivity contribution in [3.8, 4) is 11.5 Å². The van der Waals surface area contributed by atoms with Crippen LogP contribution in [0.3, 0.4) is 0 Å². The van der Waals surface area contributed by atoms with Crippen LogP contribution in [0, 0.1) is 0 Å². The van der Waals surface area contributed by atoms with Crippen LogP contribution in [0.1, 0.15) is 38.5 Å². The molecule has 0 spiro atoms. The summed E-state index contributed by atoms with van der Waals surface area (Å²) < 4.78 is 11.2. The van der Waals surface area contributed by atoms with Gasteiger partial charge < -0.3 is 15.2 Å². The Morgan fingerprint density at radius 2 is 1.56 bits per heavy atom. The van der Waals surface area contributed by atoms with E-state index < -0.39 is 0 Å². The number of hydrogen-bond donors (Lipinski definition) is 1. The molecule has 0 bridgehead atoms. The van der Waals surface area contributed by atoms with Gasteiger partial charge in [-0.1, -0.05) is 19.3 Å². The Morgan fingerprint density at radius 1 is 0.944 bits per heavy atom. The van der Waals surface area contributed by atoms with Crippen LogP contribution in [0.25, 0.3) is 0 Å². The van der Waals surface area contributed by atoms with Gasteiger partial charge in [-0.05, 0) is 43.5 Å². The first-order chi connectivity index (χ1) is 8.79. The summed E-state index contributed by atoms with van der Waals surface area (Å²) in [5, 5.41) is 0. The molecule has 3 nitrogen and oxygen atoms in total. The largest absolute Gasteiger partial charge is 0.497 e. The molecule has 0 aliphatic heterocycles. The topological polar surface area (TPSA) is 44.5 Å². The van der Waals surface area contributed by atoms with Crippen molar-refractivity contribution in [3.05, 3.63) is 24.3 Å². The minimum Gasteiger partial charge on any atom is -0.497 e. The van der Waals surface area contributed by atoms with E-state index in [0.29, 0.717) is 0 Å². The quantitative estimate of drug-likeness (QED) is 0.895. The van der Waals surface area contributed by atoms with Gasteiger partial charge in [-0.25, -0.2) is 0 Å². The number of hydrogen-bond acceptors (Lipinski definition) is 3. The third kappa shape index (κ3) is 3.64. The van der Waals surface area contributed by atoms with Gasteiger partial charge in [0.1, 0.15) is 17.6 Å². The van der Waals surface area contributed by atoms with Gasteiger partial charge in [0.2, 0.25) is 0 Å². The van der Waals surface area contributed by atoms with Crippen molar-refractivity contribution < 1.29 is 9.47 Å². The van der Waals surface area contributed by atoms with Crippen molar-refractivity contribution in [1.82, 2.24) is 0 Å². The highest BCUT2D eigenvalue weighted by molar-refractivity contribution is 5.31. The summed E-state index contributed by atoms with van der Waals surface area (Å²) >= 11 is 0. The van der Waals surface area contributed by atoms with Crippen LogP contribution in [0.4, 0.5) is 0 Å². The lowest BCUT2D eigenvalue weighted by Crippen LogP contribution is -2.39. The van der Waals surface area contributed by atoms with Crippen LogP contribution >= 0.6 is 0 Å². The maximum atomic E-state index is 6.20. The molecule has 0 radical (unpaired) electrons. The Hall–Kier alpha value is -1.22. The van der Waals surface area contributed by atoms with Crippen LogP contribution in [0.5, 0.6) is 11.5 Å². The molecule has 1 saturated carbocycles. The Morgan fingerprint density at radius 3 is 2.22 bits per heavy atom. The van der Waals surface area contributed by atoms with E-state index in [1.165, 1.54) is 25.7 Å². The summed E-state index contributed by atoms with van der Waals surface area (Å²) in [5.74, 6) is 1.74. The molecule has 1 aliphatic rings. The van der Waals surface area contributed by atoms with E-state index in [0.717, 1.165) is 24.3 Å². The molecule has 1 aromatic carbocycles. The highest BCUT2D eigenvalue weighted by Gasteiger charge is 2.20. The molecule has 0 heterocycles. The second-order valence-electron chi connectivity index (χ2n) is 4.99. The maximum Gasteiger partial charge on any atom is 0.120 e. The molecule has 0 saturated heterocycles. The summed E-state index contributed by atoms with van der Waals surface area (Å²) in [6, 6.07) is 7.90. The van der Waals surface area contributed by atoms with E-state index >= 15 is 0 Å². The van der Waals surface area contributed by atoms with Gasteiger partial charge >= 0.3 is 0 Å². The maximum absolute atomic E-state index is 6.20. The van der Waals surface area contributed by atoms with Crippen molar-refractivity contribution >= 4 is 0 Å². The predicted octanol–water partition coefficient (Wildman–Crippen LogP) is 3.12. The molecule has 2 N–H and O–H groups in total. The normalized spacial score (nSPS) is 25.0. The van der Waals surface area contributed by atoms with Crippen molar-refractivity contribution in [1.29, 1.82) is 0 Å². The van der Waals surface area contributed by atoms with Gasteiger partial charge in [0.25, 0.3) is 0 Å². The Kier molecular flexibility index (Phi) is 4.88. The molecule has 1 fully saturated rings. The minimum absolute atomic E-state index is 0.152. The van der Waals surface area contributed by atoms with Gasteiger partial charge in [-0.15, -0.1) is 0 Å². The zero-order valence-corrected chi connectivity index (χ0v) is 11.1. The van der Waals surface area contributed by atoms with E-state index in [-0.39, 0.29) is 12.1 Å². The van der Waals surface area contributed by atoms with Crippen molar-refractivity contribution in [2.75, 3.05) is 7.11 Å². The van der Waals surface area contributed by atoms with Gasteiger partial charge in [-0.2, -0.15) is 0 Å². The molecule has 0 aromatic heterocycles. The van der Waals surface area contributed by atoms with Gasteiger partial charge in [0, 0.05) is 6.04 Å². The van der Waals surface area contributed by atoms with Crippen LogP contribution in [0.15, 0.2) is 24.3 Å². The third-order valence-corrected chi connectivity index (χ3v) is 3.60. The second-order valence-corrected chi connectivity index (χ2v) is 4.99. The fourth-order valence-corrected chi connectivity index (χ4v) is 2.45. The molecule has 2 rings (SSSR count). The molecule has 1 aliphatic carbocycles. The van der Waals surface area contributed by atoms with E-state index in [4.69, 9.17) is 15.2 Å². The molecule has 1 aromatic rings. The summed E-state index contributed by atoms with van der Waals surface area (Å²) in [6.07, 6.45) is 7.34. The first kappa shape index (κ1) is 13.2. The Bertz CT molecular complexity index is 350. The second kappa shape index (κ2) is 6.64. The number of rotatable bonds is 3. The highest BCUT2D eigenvalue weighted by atomic mass is 16.5. The molecular weight excluding hydrogens is 226 g/mol. The third-order valence-electron chi connectivity index (χ3n) is 3.60. The Balaban J connectivity index is 1.96. The standard InChI is InChI=1S/C15H23NO2/c1-17-12-8-10-13(11-9-12)18-15-7-5-3-2-4-6-14(15)16/h8-11,14-15H,2-7,16H2,1H3/t14-,15+/m0/s1. The lowest BCUT2D eigenvalue weighted by molar-refractivity contribution is 0.145. The van der Waals surface area contributed by atoms with E-state index in [9.17, 15) is 0 Å². The lowest BCUT2D eigenvalue weighted by Gasteiger charge is -2.27. The number of ether oxygens (including phenoxy) is 2. The van der Waals surface area contributed by atoms with Gasteiger partial charge in [0.15, 0.2) is 0 Å². The van der Waals surface area contributed by atoms with Crippen LogP contribution < -0.4 is 15.2 Å². The zero-order valence-electron chi connectivity index (χ0n) is 11.1. The number of methoxy groups -OCH3 is 1. The molecule has 18 heavy (non-hydrogen) atoms. The van der Waals surface area contributed by atoms with Gasteiger partial charge in [-0.3, -0.25) is 0 Å². The molecule has 100 valence electrons. The van der Waals surface area contributed by atoms with Crippen LogP contribution in [-0.4, -0.2) is 19.3 Å². The lowest BCUT2D eigenvalue weighted by atomic mass is 9.95. The van der Waals surface area contributed by atoms with Crippen molar-refractivity contribution in [3.63, 3.8) is 0 Å². The predicted molar refractivity (Wildman–Crippen MR) is 73.1 cm³/mol. The summed E-state index contributed by atoms with van der Waals surface area (Å²) in [6.45, 7) is 0. The summed E-state index contributed by atoms with van der Waals surface area (Å²) in [4.78, 5) is 0. The van der Waals surface area contributed by atoms with Crippen molar-refractivity contribution in [2.45, 2.75) is 50.7 Å². The fraction of sp³-hybridized carbons (Fsp3) is 0.600. The molecule has 0 unspecified atom stereocenters. The molecule has 2 atom stereocenters.